The maximum atomic E-state index is 12.4. The van der Waals surface area contributed by atoms with Crippen LogP contribution in [-0.2, 0) is 11.4 Å². The predicted octanol–water partition coefficient (Wildman–Crippen LogP) is 6.17. The molecule has 0 bridgehead atoms. The number of hydrogen-bond acceptors (Lipinski definition) is 4. The third-order valence-electron chi connectivity index (χ3n) is 4.55. The van der Waals surface area contributed by atoms with Gasteiger partial charge in [0.25, 0.3) is 0 Å². The van der Waals surface area contributed by atoms with E-state index in [1.807, 2.05) is 30.3 Å². The first kappa shape index (κ1) is 22.7. The molecule has 0 saturated heterocycles. The van der Waals surface area contributed by atoms with Crippen LogP contribution in [0.5, 0.6) is 5.75 Å². The second-order valence-corrected chi connectivity index (χ2v) is 8.04. The summed E-state index contributed by atoms with van der Waals surface area (Å²) in [5.41, 5.74) is 8.68. The molecule has 0 radical (unpaired) electrons. The minimum atomic E-state index is -0.642. The summed E-state index contributed by atoms with van der Waals surface area (Å²) in [4.78, 5) is 17.3. The highest BCUT2D eigenvalue weighted by Gasteiger charge is 2.11. The molecule has 2 N–H and O–H groups in total. The molecule has 7 heteroatoms. The normalized spacial score (nSPS) is 11.5. The van der Waals surface area contributed by atoms with Gasteiger partial charge in [0.2, 0.25) is 0 Å². The zero-order valence-corrected chi connectivity index (χ0v) is 18.7. The van der Waals surface area contributed by atoms with E-state index in [4.69, 9.17) is 38.5 Å². The van der Waals surface area contributed by atoms with E-state index >= 15 is 0 Å². The molecule has 0 unspecified atom stereocenters. The van der Waals surface area contributed by atoms with Gasteiger partial charge in [-0.05, 0) is 59.5 Å². The summed E-state index contributed by atoms with van der Waals surface area (Å²) in [6.07, 6.45) is 0. The summed E-state index contributed by atoms with van der Waals surface area (Å²) in [5, 5.41) is 4.47. The molecule has 3 rings (SSSR count). The molecule has 0 amide bonds. The number of nitrogens with two attached hydrogens (primary N) is 1. The minimum Gasteiger partial charge on any atom is -0.489 e. The number of oxime groups is 1. The fraction of sp³-hybridized carbons (Fsp3) is 0.167. The largest absolute Gasteiger partial charge is 0.489 e. The summed E-state index contributed by atoms with van der Waals surface area (Å²) in [6.45, 7) is 4.60. The number of halogens is 2. The lowest BCUT2D eigenvalue weighted by atomic mass is 10.0. The smallest absolute Gasteiger partial charge is 0.365 e. The van der Waals surface area contributed by atoms with Crippen LogP contribution >= 0.6 is 23.2 Å². The Bertz CT molecular complexity index is 1100. The van der Waals surface area contributed by atoms with Crippen molar-refractivity contribution in [3.63, 3.8) is 0 Å². The Balaban J connectivity index is 1.63. The van der Waals surface area contributed by atoms with Crippen molar-refractivity contribution in [1.29, 1.82) is 0 Å². The molecule has 0 aliphatic carbocycles. The molecule has 0 fully saturated rings. The predicted molar refractivity (Wildman–Crippen MR) is 124 cm³/mol. The number of nitrogens with zero attached hydrogens (tertiary/aromatic N) is 1. The zero-order valence-electron chi connectivity index (χ0n) is 17.1. The Morgan fingerprint density at radius 1 is 1.03 bits per heavy atom. The van der Waals surface area contributed by atoms with Gasteiger partial charge in [-0.1, -0.05) is 66.5 Å². The van der Waals surface area contributed by atoms with Gasteiger partial charge in [-0.2, -0.15) is 0 Å². The molecule has 31 heavy (non-hydrogen) atoms. The molecule has 0 aromatic heterocycles. The first-order valence-corrected chi connectivity index (χ1v) is 10.4. The van der Waals surface area contributed by atoms with E-state index in [9.17, 15) is 4.79 Å². The number of benzene rings is 3. The van der Waals surface area contributed by atoms with Gasteiger partial charge < -0.3 is 15.3 Å². The standard InChI is InChI=1S/C24H22Cl2N2O3/c1-15(2)17-6-9-20(10-7-17)30-14-16-4-3-5-18(12-16)24(29)31-28-23(27)21-11-8-19(25)13-22(21)26/h3-13,15H,14H2,1-2H3,(H2,27,28). The molecule has 0 aliphatic rings. The van der Waals surface area contributed by atoms with Crippen LogP contribution in [0.25, 0.3) is 0 Å². The van der Waals surface area contributed by atoms with E-state index < -0.39 is 5.97 Å². The number of carbonyl (C=O) groups excluding carboxylic acids is 1. The molecule has 3 aromatic carbocycles. The molecule has 5 nitrogen and oxygen atoms in total. The third kappa shape index (κ3) is 6.23. The first-order chi connectivity index (χ1) is 14.8. The average Bonchev–Trinajstić information content (AvgIpc) is 2.76. The summed E-state index contributed by atoms with van der Waals surface area (Å²) < 4.78 is 5.82. The molecule has 0 aliphatic heterocycles. The zero-order chi connectivity index (χ0) is 22.4. The number of hydrogen-bond donors (Lipinski definition) is 1. The lowest BCUT2D eigenvalue weighted by Gasteiger charge is -2.09. The van der Waals surface area contributed by atoms with Crippen molar-refractivity contribution in [2.45, 2.75) is 26.4 Å². The number of carbonyl (C=O) groups is 1. The van der Waals surface area contributed by atoms with Crippen LogP contribution in [0.1, 0.15) is 46.8 Å². The molecule has 0 spiro atoms. The Morgan fingerprint density at radius 2 is 1.77 bits per heavy atom. The molecule has 3 aromatic rings. The van der Waals surface area contributed by atoms with Crippen molar-refractivity contribution < 1.29 is 14.4 Å². The summed E-state index contributed by atoms with van der Waals surface area (Å²) in [6, 6.07) is 19.6. The quantitative estimate of drug-likeness (QED) is 0.199. The molecule has 0 saturated carbocycles. The van der Waals surface area contributed by atoms with E-state index in [0.29, 0.717) is 33.7 Å². The first-order valence-electron chi connectivity index (χ1n) is 9.65. The fourth-order valence-corrected chi connectivity index (χ4v) is 3.30. The van der Waals surface area contributed by atoms with Gasteiger partial charge in [-0.25, -0.2) is 4.79 Å². The second-order valence-electron chi connectivity index (χ2n) is 7.19. The highest BCUT2D eigenvalue weighted by Crippen LogP contribution is 2.21. The lowest BCUT2D eigenvalue weighted by Crippen LogP contribution is -2.16. The third-order valence-corrected chi connectivity index (χ3v) is 5.10. The number of ether oxygens (including phenoxy) is 1. The molecular weight excluding hydrogens is 435 g/mol. The van der Waals surface area contributed by atoms with E-state index in [1.165, 1.54) is 11.6 Å². The maximum Gasteiger partial charge on any atom is 0.365 e. The van der Waals surface area contributed by atoms with Gasteiger partial charge in [0.1, 0.15) is 12.4 Å². The van der Waals surface area contributed by atoms with E-state index in [1.54, 1.807) is 30.3 Å². The van der Waals surface area contributed by atoms with E-state index in [-0.39, 0.29) is 5.84 Å². The summed E-state index contributed by atoms with van der Waals surface area (Å²) in [7, 11) is 0. The Hall–Kier alpha value is -3.02. The average molecular weight is 457 g/mol. The number of amidine groups is 1. The van der Waals surface area contributed by atoms with Crippen LogP contribution in [0.2, 0.25) is 10.0 Å². The Morgan fingerprint density at radius 3 is 2.45 bits per heavy atom. The monoisotopic (exact) mass is 456 g/mol. The van der Waals surface area contributed by atoms with Gasteiger partial charge in [0, 0.05) is 10.6 Å². The van der Waals surface area contributed by atoms with Crippen LogP contribution in [0.3, 0.4) is 0 Å². The highest BCUT2D eigenvalue weighted by molar-refractivity contribution is 6.36. The van der Waals surface area contributed by atoms with Gasteiger partial charge in [0.15, 0.2) is 5.84 Å². The fourth-order valence-electron chi connectivity index (χ4n) is 2.79. The minimum absolute atomic E-state index is 0.0284. The maximum absolute atomic E-state index is 12.4. The highest BCUT2D eigenvalue weighted by atomic mass is 35.5. The Kier molecular flexibility index (Phi) is 7.55. The SMILES string of the molecule is CC(C)c1ccc(OCc2cccc(C(=O)O/N=C(\N)c3ccc(Cl)cc3Cl)c2)cc1. The van der Waals surface area contributed by atoms with Gasteiger partial charge in [-0.3, -0.25) is 0 Å². The van der Waals surface area contributed by atoms with Crippen molar-refractivity contribution in [2.75, 3.05) is 0 Å². The van der Waals surface area contributed by atoms with Crippen molar-refractivity contribution in [1.82, 2.24) is 0 Å². The molecule has 0 heterocycles. The summed E-state index contributed by atoms with van der Waals surface area (Å²) >= 11 is 12.0. The van der Waals surface area contributed by atoms with Gasteiger partial charge in [-0.15, -0.1) is 0 Å². The summed E-state index contributed by atoms with van der Waals surface area (Å²) in [5.74, 6) is 0.550. The van der Waals surface area contributed by atoms with Gasteiger partial charge in [0.05, 0.1) is 10.6 Å². The van der Waals surface area contributed by atoms with Crippen molar-refractivity contribution >= 4 is 35.0 Å². The van der Waals surface area contributed by atoms with E-state index in [0.717, 1.165) is 11.3 Å². The van der Waals surface area contributed by atoms with Crippen LogP contribution in [0.15, 0.2) is 71.9 Å². The van der Waals surface area contributed by atoms with Crippen molar-refractivity contribution in [3.8, 4) is 5.75 Å². The molecular formula is C24H22Cl2N2O3. The molecule has 0 atom stereocenters. The topological polar surface area (TPSA) is 73.9 Å². The number of rotatable bonds is 7. The van der Waals surface area contributed by atoms with Crippen molar-refractivity contribution in [3.05, 3.63) is 99.0 Å². The lowest BCUT2D eigenvalue weighted by molar-refractivity contribution is 0.0516. The van der Waals surface area contributed by atoms with Crippen LogP contribution in [-0.4, -0.2) is 11.8 Å². The Labute approximate surface area is 191 Å². The van der Waals surface area contributed by atoms with Crippen LogP contribution < -0.4 is 10.5 Å². The van der Waals surface area contributed by atoms with Crippen LogP contribution in [0.4, 0.5) is 0 Å². The van der Waals surface area contributed by atoms with Gasteiger partial charge >= 0.3 is 5.97 Å². The molecule has 160 valence electrons. The van der Waals surface area contributed by atoms with Crippen molar-refractivity contribution in [2.24, 2.45) is 10.9 Å². The second kappa shape index (κ2) is 10.3. The van der Waals surface area contributed by atoms with Crippen LogP contribution in [0, 0.1) is 0 Å². The van der Waals surface area contributed by atoms with E-state index in [2.05, 4.69) is 19.0 Å².